The molecule has 8 nitrogen and oxygen atoms in total. The summed E-state index contributed by atoms with van der Waals surface area (Å²) in [6.07, 6.45) is 6.69. The summed E-state index contributed by atoms with van der Waals surface area (Å²) in [7, 11) is -2.85. The number of anilines is 3. The van der Waals surface area contributed by atoms with Gasteiger partial charge in [0.05, 0.1) is 33.7 Å². The molecule has 36 heavy (non-hydrogen) atoms. The van der Waals surface area contributed by atoms with Crippen molar-refractivity contribution in [2.45, 2.75) is 61.7 Å². The van der Waals surface area contributed by atoms with Gasteiger partial charge in [-0.25, -0.2) is 14.0 Å². The Kier molecular flexibility index (Phi) is 5.95. The van der Waals surface area contributed by atoms with Gasteiger partial charge in [0.15, 0.2) is 0 Å². The van der Waals surface area contributed by atoms with E-state index in [1.165, 1.54) is 12.8 Å². The van der Waals surface area contributed by atoms with Crippen LogP contribution in [0.3, 0.4) is 0 Å². The Balaban J connectivity index is 1.27. The highest BCUT2D eigenvalue weighted by Gasteiger charge is 2.45. The fourth-order valence-corrected chi connectivity index (χ4v) is 7.27. The van der Waals surface area contributed by atoms with Gasteiger partial charge >= 0.3 is 0 Å². The van der Waals surface area contributed by atoms with E-state index in [9.17, 15) is 9.00 Å². The van der Waals surface area contributed by atoms with Gasteiger partial charge in [-0.05, 0) is 81.2 Å². The fraction of sp³-hybridized carbons (Fsp3) is 0.556. The van der Waals surface area contributed by atoms with Crippen LogP contribution in [0, 0.1) is 10.2 Å². The van der Waals surface area contributed by atoms with E-state index in [0.29, 0.717) is 28.3 Å². The van der Waals surface area contributed by atoms with Crippen molar-refractivity contribution in [3.63, 3.8) is 0 Å². The molecule has 192 valence electrons. The van der Waals surface area contributed by atoms with E-state index in [4.69, 9.17) is 14.5 Å². The minimum absolute atomic E-state index is 0.0593. The second-order valence-corrected chi connectivity index (χ2v) is 13.3. The molecule has 1 aromatic heterocycles. The number of benzene rings is 1. The lowest BCUT2D eigenvalue weighted by Crippen LogP contribution is -2.41. The Morgan fingerprint density at radius 3 is 2.58 bits per heavy atom. The standard InChI is InChI=1S/C27H35N5O3S/c1-19-18-32(15-16-35-19)25-4-2-3-24(29-25)30-26(33)22-8-7-21(36(28,34)20-5-6-20)17-23(22)31-13-11-27(9-10-27)12-14-31/h2-4,7-8,17,19-20,28H,5-6,9-16,18H2,1H3,(H,29,30,33)/t19-,36?/m1/s1. The largest absolute Gasteiger partial charge is 0.375 e. The van der Waals surface area contributed by atoms with Crippen LogP contribution in [-0.2, 0) is 14.5 Å². The number of hydrogen-bond acceptors (Lipinski definition) is 7. The zero-order chi connectivity index (χ0) is 24.9. The summed E-state index contributed by atoms with van der Waals surface area (Å²) in [6.45, 7) is 6.01. The van der Waals surface area contributed by atoms with Gasteiger partial charge < -0.3 is 19.9 Å². The topological polar surface area (TPSA) is 98.6 Å². The number of amides is 1. The first kappa shape index (κ1) is 23.7. The van der Waals surface area contributed by atoms with E-state index in [1.54, 1.807) is 18.2 Å². The molecule has 1 spiro atoms. The number of morpholine rings is 1. The summed E-state index contributed by atoms with van der Waals surface area (Å²) >= 11 is 0. The number of ether oxygens (including phenoxy) is 1. The Bertz CT molecular complexity index is 1260. The number of pyridine rings is 1. The fourth-order valence-electron chi connectivity index (χ4n) is 5.52. The second-order valence-electron chi connectivity index (χ2n) is 10.9. The number of nitrogens with one attached hydrogen (secondary N) is 2. The van der Waals surface area contributed by atoms with E-state index >= 15 is 0 Å². The van der Waals surface area contributed by atoms with Crippen LogP contribution in [0.2, 0.25) is 0 Å². The van der Waals surface area contributed by atoms with E-state index in [-0.39, 0.29) is 17.3 Å². The first-order valence-electron chi connectivity index (χ1n) is 13.1. The molecule has 2 saturated heterocycles. The third-order valence-electron chi connectivity index (χ3n) is 8.22. The van der Waals surface area contributed by atoms with Crippen molar-refractivity contribution in [3.05, 3.63) is 42.0 Å². The lowest BCUT2D eigenvalue weighted by Gasteiger charge is -2.35. The Morgan fingerprint density at radius 2 is 1.89 bits per heavy atom. The van der Waals surface area contributed by atoms with E-state index in [0.717, 1.165) is 63.4 Å². The van der Waals surface area contributed by atoms with Crippen molar-refractivity contribution < 1.29 is 13.7 Å². The minimum atomic E-state index is -2.85. The molecule has 0 bridgehead atoms. The average molecular weight is 510 g/mol. The zero-order valence-electron chi connectivity index (χ0n) is 20.9. The van der Waals surface area contributed by atoms with Gasteiger partial charge in [0.1, 0.15) is 11.6 Å². The van der Waals surface area contributed by atoms with Crippen molar-refractivity contribution in [2.24, 2.45) is 5.41 Å². The molecule has 2 saturated carbocycles. The summed E-state index contributed by atoms with van der Waals surface area (Å²) in [5.41, 5.74) is 1.84. The third kappa shape index (κ3) is 4.70. The van der Waals surface area contributed by atoms with E-state index in [2.05, 4.69) is 15.1 Å². The molecular weight excluding hydrogens is 474 g/mol. The molecule has 9 heteroatoms. The number of nitrogens with zero attached hydrogens (tertiary/aromatic N) is 3. The summed E-state index contributed by atoms with van der Waals surface area (Å²) in [5.74, 6) is 1.10. The molecule has 4 aliphatic rings. The molecule has 2 aliphatic carbocycles. The predicted octanol–water partition coefficient (Wildman–Crippen LogP) is 4.51. The molecule has 2 atom stereocenters. The lowest BCUT2D eigenvalue weighted by atomic mass is 9.93. The summed E-state index contributed by atoms with van der Waals surface area (Å²) in [4.78, 5) is 23.2. The number of aromatic nitrogens is 1. The van der Waals surface area contributed by atoms with Crippen molar-refractivity contribution in [1.82, 2.24) is 4.98 Å². The Morgan fingerprint density at radius 1 is 1.11 bits per heavy atom. The second kappa shape index (κ2) is 9.03. The molecule has 1 amide bonds. The molecule has 1 aromatic carbocycles. The van der Waals surface area contributed by atoms with E-state index < -0.39 is 9.73 Å². The van der Waals surface area contributed by atoms with Crippen LogP contribution in [0.1, 0.15) is 55.8 Å². The third-order valence-corrected chi connectivity index (χ3v) is 10.6. The first-order valence-corrected chi connectivity index (χ1v) is 14.8. The molecule has 6 rings (SSSR count). The van der Waals surface area contributed by atoms with Gasteiger partial charge in [0.2, 0.25) is 0 Å². The van der Waals surface area contributed by atoms with Crippen LogP contribution < -0.4 is 15.1 Å². The molecule has 2 aromatic rings. The van der Waals surface area contributed by atoms with Crippen molar-refractivity contribution in [3.8, 4) is 0 Å². The van der Waals surface area contributed by atoms with Gasteiger partial charge in [0.25, 0.3) is 5.91 Å². The SMILES string of the molecule is C[C@@H]1CN(c2cccc(NC(=O)c3ccc(S(=N)(=O)C4CC4)cc3N3CCC4(CC3)CC4)n2)CCO1. The van der Waals surface area contributed by atoms with Crippen LogP contribution in [0.25, 0.3) is 0 Å². The molecule has 1 unspecified atom stereocenters. The highest BCUT2D eigenvalue weighted by atomic mass is 32.2. The lowest BCUT2D eigenvalue weighted by molar-refractivity contribution is 0.0529. The smallest absolute Gasteiger partial charge is 0.258 e. The maximum absolute atomic E-state index is 13.5. The summed E-state index contributed by atoms with van der Waals surface area (Å²) in [6, 6.07) is 11.0. The van der Waals surface area contributed by atoms with Gasteiger partial charge in [0, 0.05) is 36.3 Å². The molecular formula is C27H35N5O3S. The number of piperidine rings is 1. The monoisotopic (exact) mass is 509 g/mol. The summed E-state index contributed by atoms with van der Waals surface area (Å²) < 4.78 is 27.4. The van der Waals surface area contributed by atoms with Gasteiger partial charge in [-0.15, -0.1) is 0 Å². The van der Waals surface area contributed by atoms with Crippen molar-refractivity contribution in [2.75, 3.05) is 47.9 Å². The van der Waals surface area contributed by atoms with E-state index in [1.807, 2.05) is 25.1 Å². The number of carbonyl (C=O) groups excluding carboxylic acids is 1. The quantitative estimate of drug-likeness (QED) is 0.595. The van der Waals surface area contributed by atoms with Gasteiger partial charge in [-0.3, -0.25) is 4.79 Å². The summed E-state index contributed by atoms with van der Waals surface area (Å²) in [5, 5.41) is 2.94. The maximum atomic E-state index is 13.5. The van der Waals surface area contributed by atoms with Crippen LogP contribution >= 0.6 is 0 Å². The van der Waals surface area contributed by atoms with Crippen LogP contribution in [0.5, 0.6) is 0 Å². The molecule has 3 heterocycles. The maximum Gasteiger partial charge on any atom is 0.258 e. The van der Waals surface area contributed by atoms with Gasteiger partial charge in [-0.1, -0.05) is 6.07 Å². The van der Waals surface area contributed by atoms with Crippen molar-refractivity contribution in [1.29, 1.82) is 4.78 Å². The number of hydrogen-bond donors (Lipinski definition) is 2. The van der Waals surface area contributed by atoms with Crippen molar-refractivity contribution >= 4 is 33.0 Å². The predicted molar refractivity (Wildman–Crippen MR) is 142 cm³/mol. The molecule has 4 fully saturated rings. The Labute approximate surface area is 213 Å². The zero-order valence-corrected chi connectivity index (χ0v) is 21.7. The number of rotatable bonds is 6. The highest BCUT2D eigenvalue weighted by molar-refractivity contribution is 7.93. The normalized spacial score (nSPS) is 24.9. The van der Waals surface area contributed by atoms with Crippen LogP contribution in [0.4, 0.5) is 17.3 Å². The average Bonchev–Trinajstić information content (AvgIpc) is 3.81. The van der Waals surface area contributed by atoms with Gasteiger partial charge in [-0.2, -0.15) is 0 Å². The van der Waals surface area contributed by atoms with Crippen LogP contribution in [0.15, 0.2) is 41.3 Å². The number of carbonyl (C=O) groups is 1. The van der Waals surface area contributed by atoms with Crippen LogP contribution in [-0.4, -0.2) is 59.2 Å². The Hall–Kier alpha value is -2.65. The molecule has 2 N–H and O–H groups in total. The molecule has 0 radical (unpaired) electrons. The first-order chi connectivity index (χ1) is 17.3. The highest BCUT2D eigenvalue weighted by Crippen LogP contribution is 2.54. The minimum Gasteiger partial charge on any atom is -0.375 e. The molecule has 2 aliphatic heterocycles.